The van der Waals surface area contributed by atoms with Crippen molar-refractivity contribution in [3.05, 3.63) is 41.7 Å². The normalized spacial score (nSPS) is 9.44. The van der Waals surface area contributed by atoms with Gasteiger partial charge in [-0.3, -0.25) is 10.1 Å². The maximum Gasteiger partial charge on any atom is 0.258 e. The Morgan fingerprint density at radius 3 is 3.06 bits per heavy atom. The maximum atomic E-state index is 11.7. The minimum atomic E-state index is -0.339. The Bertz CT molecular complexity index is 541. The predicted molar refractivity (Wildman–Crippen MR) is 55.5 cm³/mol. The fraction of sp³-hybridized carbons (Fsp3) is 0. The lowest BCUT2D eigenvalue weighted by Crippen LogP contribution is -2.13. The van der Waals surface area contributed by atoms with Crippen LogP contribution >= 0.6 is 0 Å². The Hall–Kier alpha value is -2.68. The fourth-order valence-electron chi connectivity index (χ4n) is 1.18. The zero-order chi connectivity index (χ0) is 11.4. The Morgan fingerprint density at radius 2 is 2.38 bits per heavy atom. The number of hydrogen-bond acceptors (Lipinski definition) is 4. The van der Waals surface area contributed by atoms with Crippen molar-refractivity contribution < 1.29 is 4.79 Å². The number of aromatic amines is 1. The molecule has 1 aromatic heterocycles. The maximum absolute atomic E-state index is 11.7. The molecule has 0 atom stereocenters. The van der Waals surface area contributed by atoms with Gasteiger partial charge in [-0.2, -0.15) is 15.3 Å². The summed E-state index contributed by atoms with van der Waals surface area (Å²) < 4.78 is 0. The summed E-state index contributed by atoms with van der Waals surface area (Å²) in [5.41, 5.74) is 0.834. The van der Waals surface area contributed by atoms with Gasteiger partial charge >= 0.3 is 0 Å². The molecule has 0 saturated heterocycles. The van der Waals surface area contributed by atoms with Crippen molar-refractivity contribution in [2.75, 3.05) is 5.32 Å². The van der Waals surface area contributed by atoms with E-state index < -0.39 is 0 Å². The zero-order valence-electron chi connectivity index (χ0n) is 8.14. The summed E-state index contributed by atoms with van der Waals surface area (Å²) in [6, 6.07) is 8.37. The van der Waals surface area contributed by atoms with E-state index in [2.05, 4.69) is 20.5 Å². The number of carbonyl (C=O) groups is 1. The molecule has 0 aliphatic rings. The van der Waals surface area contributed by atoms with Crippen LogP contribution in [0.25, 0.3) is 0 Å². The highest BCUT2D eigenvalue weighted by atomic mass is 16.1. The molecule has 0 saturated carbocycles. The highest BCUT2D eigenvalue weighted by Crippen LogP contribution is 2.06. The van der Waals surface area contributed by atoms with Gasteiger partial charge in [0.15, 0.2) is 0 Å². The molecule has 0 aliphatic carbocycles. The zero-order valence-corrected chi connectivity index (χ0v) is 8.14. The molecule has 2 N–H and O–H groups in total. The van der Waals surface area contributed by atoms with Crippen LogP contribution in [0.5, 0.6) is 0 Å². The average molecular weight is 213 g/mol. The van der Waals surface area contributed by atoms with E-state index in [0.717, 1.165) is 0 Å². The number of nitrogens with zero attached hydrogens (tertiary/aromatic N) is 3. The smallest absolute Gasteiger partial charge is 0.258 e. The van der Waals surface area contributed by atoms with E-state index in [1.165, 1.54) is 12.4 Å². The monoisotopic (exact) mass is 213 g/mol. The first-order valence-electron chi connectivity index (χ1n) is 4.46. The third kappa shape index (κ3) is 2.04. The second-order valence-electron chi connectivity index (χ2n) is 2.98. The SMILES string of the molecule is N#Cc1cccc(C(=O)Nc2ncn[nH]2)c1. The number of aromatic nitrogens is 3. The summed E-state index contributed by atoms with van der Waals surface area (Å²) in [7, 11) is 0. The second-order valence-corrected chi connectivity index (χ2v) is 2.98. The molecule has 0 aliphatic heterocycles. The van der Waals surface area contributed by atoms with E-state index >= 15 is 0 Å². The van der Waals surface area contributed by atoms with Crippen molar-refractivity contribution in [3.63, 3.8) is 0 Å². The van der Waals surface area contributed by atoms with Crippen LogP contribution in [0, 0.1) is 11.3 Å². The molecule has 0 spiro atoms. The highest BCUT2D eigenvalue weighted by Gasteiger charge is 2.07. The van der Waals surface area contributed by atoms with Crippen molar-refractivity contribution in [1.29, 1.82) is 5.26 Å². The molecule has 0 radical (unpaired) electrons. The molecule has 6 nitrogen and oxygen atoms in total. The van der Waals surface area contributed by atoms with Gasteiger partial charge in [0.05, 0.1) is 11.6 Å². The quantitative estimate of drug-likeness (QED) is 0.775. The molecule has 1 aromatic carbocycles. The highest BCUT2D eigenvalue weighted by molar-refractivity contribution is 6.03. The van der Waals surface area contributed by atoms with Gasteiger partial charge in [0, 0.05) is 5.56 Å². The number of nitriles is 1. The lowest BCUT2D eigenvalue weighted by molar-refractivity contribution is 0.102. The molecule has 2 aromatic rings. The largest absolute Gasteiger partial charge is 0.291 e. The van der Waals surface area contributed by atoms with Crippen LogP contribution in [-0.2, 0) is 0 Å². The molecular formula is C10H7N5O. The number of carbonyl (C=O) groups excluding carboxylic acids is 1. The summed E-state index contributed by atoms with van der Waals surface area (Å²) in [6.07, 6.45) is 1.29. The van der Waals surface area contributed by atoms with Crippen LogP contribution in [-0.4, -0.2) is 21.1 Å². The topological polar surface area (TPSA) is 94.5 Å². The van der Waals surface area contributed by atoms with Crippen LogP contribution < -0.4 is 5.32 Å². The molecule has 16 heavy (non-hydrogen) atoms. The number of rotatable bonds is 2. The Balaban J connectivity index is 2.18. The van der Waals surface area contributed by atoms with E-state index in [4.69, 9.17) is 5.26 Å². The summed E-state index contributed by atoms with van der Waals surface area (Å²) in [6.45, 7) is 0. The third-order valence-electron chi connectivity index (χ3n) is 1.90. The van der Waals surface area contributed by atoms with Gasteiger partial charge in [0.2, 0.25) is 5.95 Å². The molecule has 0 unspecified atom stereocenters. The molecule has 2 rings (SSSR count). The van der Waals surface area contributed by atoms with E-state index in [0.29, 0.717) is 11.1 Å². The number of H-pyrrole nitrogens is 1. The minimum Gasteiger partial charge on any atom is -0.291 e. The van der Waals surface area contributed by atoms with Gasteiger partial charge in [0.25, 0.3) is 5.91 Å². The first kappa shape index (κ1) is 9.86. The summed E-state index contributed by atoms with van der Waals surface area (Å²) in [5.74, 6) is -0.0683. The van der Waals surface area contributed by atoms with E-state index in [1.807, 2.05) is 6.07 Å². The fourth-order valence-corrected chi connectivity index (χ4v) is 1.18. The standard InChI is InChI=1S/C10H7N5O/c11-5-7-2-1-3-8(4-7)9(16)14-10-12-6-13-15-10/h1-4,6H,(H2,12,13,14,15,16). The van der Waals surface area contributed by atoms with E-state index in [9.17, 15) is 4.79 Å². The molecule has 0 fully saturated rings. The van der Waals surface area contributed by atoms with Gasteiger partial charge in [-0.05, 0) is 18.2 Å². The number of anilines is 1. The Morgan fingerprint density at radius 1 is 1.50 bits per heavy atom. The molecule has 1 amide bonds. The van der Waals surface area contributed by atoms with Crippen LogP contribution in [0.2, 0.25) is 0 Å². The second kappa shape index (κ2) is 4.23. The molecular weight excluding hydrogens is 206 g/mol. The van der Waals surface area contributed by atoms with E-state index in [-0.39, 0.29) is 11.9 Å². The van der Waals surface area contributed by atoms with Gasteiger partial charge < -0.3 is 0 Å². The summed E-state index contributed by atoms with van der Waals surface area (Å²) in [4.78, 5) is 15.4. The third-order valence-corrected chi connectivity index (χ3v) is 1.90. The molecule has 6 heteroatoms. The average Bonchev–Trinajstić information content (AvgIpc) is 2.82. The summed E-state index contributed by atoms with van der Waals surface area (Å²) >= 11 is 0. The number of amides is 1. The van der Waals surface area contributed by atoms with Gasteiger partial charge in [0.1, 0.15) is 6.33 Å². The van der Waals surface area contributed by atoms with Crippen LogP contribution in [0.15, 0.2) is 30.6 Å². The van der Waals surface area contributed by atoms with Crippen LogP contribution in [0.3, 0.4) is 0 Å². The van der Waals surface area contributed by atoms with Gasteiger partial charge in [-0.15, -0.1) is 0 Å². The number of benzene rings is 1. The van der Waals surface area contributed by atoms with Crippen molar-refractivity contribution in [2.45, 2.75) is 0 Å². The van der Waals surface area contributed by atoms with Crippen molar-refractivity contribution in [2.24, 2.45) is 0 Å². The summed E-state index contributed by atoms with van der Waals surface area (Å²) in [5, 5.41) is 17.3. The lowest BCUT2D eigenvalue weighted by atomic mass is 10.1. The predicted octanol–water partition coefficient (Wildman–Crippen LogP) is 0.929. The first-order chi connectivity index (χ1) is 7.79. The van der Waals surface area contributed by atoms with Crippen LogP contribution in [0.1, 0.15) is 15.9 Å². The minimum absolute atomic E-state index is 0.271. The number of hydrogen-bond donors (Lipinski definition) is 2. The lowest BCUT2D eigenvalue weighted by Gasteiger charge is -2.01. The van der Waals surface area contributed by atoms with Crippen molar-refractivity contribution >= 4 is 11.9 Å². The molecule has 0 bridgehead atoms. The first-order valence-corrected chi connectivity index (χ1v) is 4.46. The molecule has 78 valence electrons. The number of nitrogens with one attached hydrogen (secondary N) is 2. The molecule has 1 heterocycles. The van der Waals surface area contributed by atoms with Crippen molar-refractivity contribution in [3.8, 4) is 6.07 Å². The Labute approximate surface area is 90.9 Å². The van der Waals surface area contributed by atoms with Crippen LogP contribution in [0.4, 0.5) is 5.95 Å². The van der Waals surface area contributed by atoms with Gasteiger partial charge in [-0.1, -0.05) is 6.07 Å². The van der Waals surface area contributed by atoms with E-state index in [1.54, 1.807) is 18.2 Å². The van der Waals surface area contributed by atoms with Crippen molar-refractivity contribution in [1.82, 2.24) is 15.2 Å². The Kier molecular flexibility index (Phi) is 2.61. The van der Waals surface area contributed by atoms with Gasteiger partial charge in [-0.25, -0.2) is 5.10 Å².